The summed E-state index contributed by atoms with van der Waals surface area (Å²) in [6, 6.07) is 11.1. The molecule has 16 nitrogen and oxygen atoms in total. The van der Waals surface area contributed by atoms with Gasteiger partial charge in [0.05, 0.1) is 19.7 Å². The maximum atomic E-state index is 12.2. The molecule has 0 spiro atoms. The number of nitrogens with one attached hydrogen (secondary N) is 2. The summed E-state index contributed by atoms with van der Waals surface area (Å²) in [5, 5.41) is 23.3. The fraction of sp³-hybridized carbons (Fsp3) is 0.486. The number of hydrogen-bond acceptors (Lipinski definition) is 12. The predicted octanol–water partition coefficient (Wildman–Crippen LogP) is -3.04. The fourth-order valence-electron chi connectivity index (χ4n) is 5.78. The quantitative estimate of drug-likeness (QED) is 0.0609. The van der Waals surface area contributed by atoms with Gasteiger partial charge in [0.2, 0.25) is 11.8 Å². The monoisotopic (exact) mass is 790 g/mol. The zero-order valence-electron chi connectivity index (χ0n) is 31.8. The normalized spacial score (nSPS) is 21.3. The minimum Gasteiger partial charge on any atom is -1.00 e. The van der Waals surface area contributed by atoms with E-state index in [4.69, 9.17) is 29.4 Å². The van der Waals surface area contributed by atoms with E-state index in [2.05, 4.69) is 15.5 Å². The van der Waals surface area contributed by atoms with E-state index in [1.165, 1.54) is 9.80 Å². The van der Waals surface area contributed by atoms with Crippen LogP contribution in [0.15, 0.2) is 36.4 Å². The van der Waals surface area contributed by atoms with Gasteiger partial charge in [-0.15, -0.1) is 0 Å². The summed E-state index contributed by atoms with van der Waals surface area (Å²) >= 11 is 0. The van der Waals surface area contributed by atoms with E-state index in [1.807, 2.05) is 45.0 Å². The molecular weight excluding hydrogens is 747 g/mol. The van der Waals surface area contributed by atoms with Gasteiger partial charge in [-0.3, -0.25) is 29.0 Å². The molecule has 0 radical (unpaired) electrons. The molecule has 53 heavy (non-hydrogen) atoms. The van der Waals surface area contributed by atoms with E-state index in [0.717, 1.165) is 66.0 Å². The number of fused-ring (bicyclic) bond motifs is 2. The number of ether oxygens (including phenoxy) is 3. The molecule has 4 atom stereocenters. The van der Waals surface area contributed by atoms with Crippen LogP contribution in [0.1, 0.15) is 59.0 Å². The summed E-state index contributed by atoms with van der Waals surface area (Å²) < 4.78 is 15.5. The SMILES string of the molecule is CC1CCc2cc(N3C[C@H](CO)OC3=O)ccc2NC1=O.CCCC(=O)OC[C@H]1CN(c2ccc3c(c2)CCC(C)C(=O)N3)C(=O)O1.O=CO[O-].[H-].[K+].[K+]. The Kier molecular flexibility index (Phi) is 20.7. The molecule has 4 aliphatic rings. The molecule has 2 aromatic rings. The Balaban J connectivity index is 0.000000474. The molecule has 0 aliphatic carbocycles. The van der Waals surface area contributed by atoms with Gasteiger partial charge in [0.25, 0.3) is 6.47 Å². The molecule has 2 unspecified atom stereocenters. The van der Waals surface area contributed by atoms with Gasteiger partial charge >= 0.3 is 121 Å². The molecule has 4 amide bonds. The zero-order valence-corrected chi connectivity index (χ0v) is 37.0. The maximum absolute atomic E-state index is 12.2. The van der Waals surface area contributed by atoms with Crippen LogP contribution in [0, 0.1) is 11.8 Å². The average molecular weight is 791 g/mol. The van der Waals surface area contributed by atoms with E-state index in [1.54, 1.807) is 12.1 Å². The van der Waals surface area contributed by atoms with Crippen LogP contribution in [0.5, 0.6) is 0 Å². The number of nitrogens with zero attached hydrogens (tertiary/aromatic N) is 2. The number of aliphatic hydroxyl groups excluding tert-OH is 1. The average Bonchev–Trinajstić information content (AvgIpc) is 3.62. The second kappa shape index (κ2) is 23.2. The van der Waals surface area contributed by atoms with Gasteiger partial charge in [0.15, 0.2) is 6.10 Å². The first-order valence-electron chi connectivity index (χ1n) is 16.8. The number of carbonyl (C=O) groups is 6. The number of aryl methyl sites for hydroxylation is 2. The van der Waals surface area contributed by atoms with Crippen LogP contribution < -0.4 is 128 Å². The molecule has 4 heterocycles. The number of hydrogen-bond donors (Lipinski definition) is 3. The molecule has 3 N–H and O–H groups in total. The maximum Gasteiger partial charge on any atom is 1.00 e. The summed E-state index contributed by atoms with van der Waals surface area (Å²) in [5.41, 5.74) is 5.08. The predicted molar refractivity (Wildman–Crippen MR) is 182 cm³/mol. The molecule has 6 rings (SSSR count). The van der Waals surface area contributed by atoms with Gasteiger partial charge in [0, 0.05) is 41.0 Å². The summed E-state index contributed by atoms with van der Waals surface area (Å²) in [7, 11) is 0. The summed E-state index contributed by atoms with van der Waals surface area (Å²) in [5.74, 6) is -0.286. The van der Waals surface area contributed by atoms with Crippen molar-refractivity contribution in [3.8, 4) is 0 Å². The number of anilines is 4. The first-order valence-corrected chi connectivity index (χ1v) is 16.8. The molecule has 2 fully saturated rings. The van der Waals surface area contributed by atoms with Crippen molar-refractivity contribution in [3.05, 3.63) is 47.5 Å². The topological polar surface area (TPSA) is 213 Å². The van der Waals surface area contributed by atoms with Crippen LogP contribution in [0.3, 0.4) is 0 Å². The van der Waals surface area contributed by atoms with Crippen LogP contribution in [-0.4, -0.2) is 80.1 Å². The minimum absolute atomic E-state index is 0. The molecule has 4 aliphatic heterocycles. The minimum atomic E-state index is -0.476. The van der Waals surface area contributed by atoms with Gasteiger partial charge in [-0.1, -0.05) is 20.8 Å². The van der Waals surface area contributed by atoms with Crippen LogP contribution in [-0.2, 0) is 51.1 Å². The summed E-state index contributed by atoms with van der Waals surface area (Å²) in [6.45, 7) is 6.10. The molecular formula is C35H44K2N4O12. The Morgan fingerprint density at radius 1 is 0.887 bits per heavy atom. The van der Waals surface area contributed by atoms with Crippen LogP contribution >= 0.6 is 0 Å². The Bertz CT molecular complexity index is 1620. The van der Waals surface area contributed by atoms with E-state index in [-0.39, 0.29) is 154 Å². The number of amides is 4. The van der Waals surface area contributed by atoms with Crippen molar-refractivity contribution in [3.63, 3.8) is 0 Å². The Hall–Kier alpha value is -1.95. The van der Waals surface area contributed by atoms with Crippen molar-refractivity contribution in [1.82, 2.24) is 0 Å². The second-order valence-corrected chi connectivity index (χ2v) is 12.6. The molecule has 2 aromatic carbocycles. The summed E-state index contributed by atoms with van der Waals surface area (Å²) in [6.07, 6.45) is 2.35. The number of aliphatic hydroxyl groups is 1. The zero-order chi connectivity index (χ0) is 37.1. The van der Waals surface area contributed by atoms with Gasteiger partial charge in [-0.2, -0.15) is 0 Å². The number of esters is 1. The third kappa shape index (κ3) is 13.3. The van der Waals surface area contributed by atoms with Crippen molar-refractivity contribution < 1.29 is 162 Å². The largest absolute Gasteiger partial charge is 1.00 e. The molecule has 0 saturated carbocycles. The van der Waals surface area contributed by atoms with Crippen molar-refractivity contribution in [2.24, 2.45) is 11.8 Å². The van der Waals surface area contributed by atoms with Gasteiger partial charge in [0.1, 0.15) is 12.7 Å². The van der Waals surface area contributed by atoms with Crippen LogP contribution in [0.2, 0.25) is 0 Å². The first kappa shape index (κ1) is 47.2. The standard InChI is InChI=1S/C19H24N2O5.C15H18N2O4.CH2O3.2K.H/c1-3-4-17(22)25-11-15-10-21(19(24)26-15)14-7-8-16-13(9-14)6-5-12(2)18(23)20-16;1-9-2-3-10-6-11(4-5-13(10)16-14(9)19)17-7-12(8-18)21-15(17)20;2-1-4-3;;;/h7-9,12,15H,3-6,10-11H2,1-2H3,(H,20,23);4-6,9,12,18H,2-3,7-8H2,1H3,(H,16,19);1,3H;;;/q;;;2*+1;-1/p-1/t12?,15-;9?,12-;;;;/m11..../s1. The Morgan fingerprint density at radius 2 is 1.34 bits per heavy atom. The number of cyclic esters (lactones) is 2. The smallest absolute Gasteiger partial charge is 1.00 e. The number of carbonyl (C=O) groups excluding carboxylic acids is 6. The third-order valence-electron chi connectivity index (χ3n) is 8.78. The Morgan fingerprint density at radius 3 is 1.75 bits per heavy atom. The number of rotatable bonds is 8. The van der Waals surface area contributed by atoms with E-state index in [9.17, 15) is 24.0 Å². The van der Waals surface area contributed by atoms with Crippen molar-refractivity contribution >= 4 is 59.2 Å². The van der Waals surface area contributed by atoms with Crippen LogP contribution in [0.4, 0.5) is 32.3 Å². The molecule has 18 heteroatoms. The Labute approximate surface area is 394 Å². The molecule has 0 aromatic heterocycles. The molecule has 0 bridgehead atoms. The van der Waals surface area contributed by atoms with E-state index < -0.39 is 24.4 Å². The molecule has 278 valence electrons. The van der Waals surface area contributed by atoms with Crippen LogP contribution in [0.25, 0.3) is 0 Å². The van der Waals surface area contributed by atoms with Gasteiger partial charge in [-0.05, 0) is 79.6 Å². The van der Waals surface area contributed by atoms with Crippen molar-refractivity contribution in [1.29, 1.82) is 0 Å². The van der Waals surface area contributed by atoms with Crippen molar-refractivity contribution in [2.45, 2.75) is 71.5 Å². The first-order chi connectivity index (χ1) is 24.5. The third-order valence-corrected chi connectivity index (χ3v) is 8.78. The fourth-order valence-corrected chi connectivity index (χ4v) is 5.78. The van der Waals surface area contributed by atoms with Crippen molar-refractivity contribution in [2.75, 3.05) is 46.7 Å². The summed E-state index contributed by atoms with van der Waals surface area (Å²) in [4.78, 5) is 73.5. The second-order valence-electron chi connectivity index (χ2n) is 12.6. The van der Waals surface area contributed by atoms with E-state index >= 15 is 0 Å². The van der Waals surface area contributed by atoms with Gasteiger partial charge < -0.3 is 41.5 Å². The van der Waals surface area contributed by atoms with E-state index in [0.29, 0.717) is 19.5 Å². The van der Waals surface area contributed by atoms with Gasteiger partial charge in [-0.25, -0.2) is 9.59 Å². The molecule has 2 saturated heterocycles. The number of benzene rings is 2.